The number of H-pyrrole nitrogens is 1. The number of aromatic nitrogens is 2. The van der Waals surface area contributed by atoms with Gasteiger partial charge in [-0.3, -0.25) is 9.82 Å². The predicted molar refractivity (Wildman–Crippen MR) is 82.8 cm³/mol. The van der Waals surface area contributed by atoms with E-state index in [0.29, 0.717) is 16.8 Å². The largest absolute Gasteiger partial charge is 0.399 e. The van der Waals surface area contributed by atoms with Crippen LogP contribution in [0, 0.1) is 0 Å². The molecule has 21 heavy (non-hydrogen) atoms. The number of benzene rings is 2. The van der Waals surface area contributed by atoms with Crippen LogP contribution in [-0.2, 0) is 10.0 Å². The molecule has 2 aromatic carbocycles. The number of nitrogens with zero attached hydrogens (tertiary/aromatic N) is 1. The Hall–Kier alpha value is -2.25. The Balaban J connectivity index is 2.08. The van der Waals surface area contributed by atoms with Gasteiger partial charge in [0.1, 0.15) is 4.90 Å². The third kappa shape index (κ3) is 2.53. The van der Waals surface area contributed by atoms with Crippen molar-refractivity contribution in [2.24, 2.45) is 0 Å². The normalized spacial score (nSPS) is 11.7. The van der Waals surface area contributed by atoms with Crippen molar-refractivity contribution in [2.45, 2.75) is 4.90 Å². The van der Waals surface area contributed by atoms with Crippen LogP contribution in [0.1, 0.15) is 0 Å². The minimum Gasteiger partial charge on any atom is -0.399 e. The number of nitrogens with two attached hydrogens (primary N) is 1. The van der Waals surface area contributed by atoms with E-state index >= 15 is 0 Å². The lowest BCUT2D eigenvalue weighted by Crippen LogP contribution is -2.14. The van der Waals surface area contributed by atoms with Crippen molar-refractivity contribution >= 4 is 43.9 Å². The van der Waals surface area contributed by atoms with Gasteiger partial charge in [0.2, 0.25) is 0 Å². The standard InChI is InChI=1S/C13H11ClN4O2S/c14-10-5-4-8(15)6-13(10)21(19,20)18-12-3-1-2-11-9(12)7-16-17-11/h1-7,18H,15H2,(H,16,17). The number of aromatic amines is 1. The molecule has 0 aliphatic heterocycles. The second-order valence-electron chi connectivity index (χ2n) is 4.43. The van der Waals surface area contributed by atoms with Gasteiger partial charge in [-0.15, -0.1) is 0 Å². The van der Waals surface area contributed by atoms with Gasteiger partial charge in [-0.1, -0.05) is 17.7 Å². The molecular weight excluding hydrogens is 312 g/mol. The van der Waals surface area contributed by atoms with Crippen LogP contribution in [0.15, 0.2) is 47.5 Å². The van der Waals surface area contributed by atoms with Gasteiger partial charge in [0.15, 0.2) is 0 Å². The van der Waals surface area contributed by atoms with Crippen molar-refractivity contribution in [1.29, 1.82) is 0 Å². The van der Waals surface area contributed by atoms with E-state index in [2.05, 4.69) is 14.9 Å². The summed E-state index contributed by atoms with van der Waals surface area (Å²) in [6.45, 7) is 0. The minimum absolute atomic E-state index is 0.0651. The van der Waals surface area contributed by atoms with Gasteiger partial charge < -0.3 is 5.73 Å². The molecule has 1 aromatic heterocycles. The second-order valence-corrected chi connectivity index (χ2v) is 6.49. The first kappa shape index (κ1) is 13.7. The summed E-state index contributed by atoms with van der Waals surface area (Å²) in [6.07, 6.45) is 1.55. The van der Waals surface area contributed by atoms with Crippen LogP contribution in [0.3, 0.4) is 0 Å². The van der Waals surface area contributed by atoms with Gasteiger partial charge in [-0.2, -0.15) is 5.10 Å². The number of hydrogen-bond acceptors (Lipinski definition) is 4. The Morgan fingerprint density at radius 2 is 2.05 bits per heavy atom. The van der Waals surface area contributed by atoms with E-state index in [1.165, 1.54) is 18.2 Å². The van der Waals surface area contributed by atoms with Gasteiger partial charge in [0, 0.05) is 11.1 Å². The maximum Gasteiger partial charge on any atom is 0.263 e. The molecular formula is C13H11ClN4O2S. The number of anilines is 2. The van der Waals surface area contributed by atoms with Crippen LogP contribution in [-0.4, -0.2) is 18.6 Å². The summed E-state index contributed by atoms with van der Waals surface area (Å²) in [6, 6.07) is 9.48. The predicted octanol–water partition coefficient (Wildman–Crippen LogP) is 2.60. The van der Waals surface area contributed by atoms with Crippen LogP contribution in [0.25, 0.3) is 10.9 Å². The first-order valence-corrected chi connectivity index (χ1v) is 7.83. The van der Waals surface area contributed by atoms with Crippen LogP contribution in [0.2, 0.25) is 5.02 Å². The Morgan fingerprint density at radius 3 is 2.86 bits per heavy atom. The zero-order chi connectivity index (χ0) is 15.0. The Labute approximate surface area is 126 Å². The van der Waals surface area contributed by atoms with E-state index in [9.17, 15) is 8.42 Å². The monoisotopic (exact) mass is 322 g/mol. The lowest BCUT2D eigenvalue weighted by molar-refractivity contribution is 0.601. The fourth-order valence-electron chi connectivity index (χ4n) is 1.98. The second kappa shape index (κ2) is 4.94. The number of sulfonamides is 1. The Morgan fingerprint density at radius 1 is 1.24 bits per heavy atom. The van der Waals surface area contributed by atoms with Crippen molar-refractivity contribution in [3.8, 4) is 0 Å². The highest BCUT2D eigenvalue weighted by molar-refractivity contribution is 7.92. The lowest BCUT2D eigenvalue weighted by Gasteiger charge is -2.10. The Bertz CT molecular complexity index is 921. The summed E-state index contributed by atoms with van der Waals surface area (Å²) in [7, 11) is -3.84. The summed E-state index contributed by atoms with van der Waals surface area (Å²) in [5.41, 5.74) is 7.09. The van der Waals surface area contributed by atoms with Crippen LogP contribution < -0.4 is 10.5 Å². The highest BCUT2D eigenvalue weighted by Crippen LogP contribution is 2.28. The molecule has 6 nitrogen and oxygen atoms in total. The number of rotatable bonds is 3. The molecule has 3 rings (SSSR count). The third-order valence-corrected chi connectivity index (χ3v) is 4.82. The molecule has 0 atom stereocenters. The molecule has 0 fully saturated rings. The van der Waals surface area contributed by atoms with Gasteiger partial charge in [0.25, 0.3) is 10.0 Å². The molecule has 4 N–H and O–H groups in total. The maximum absolute atomic E-state index is 12.5. The van der Waals surface area contributed by atoms with Crippen molar-refractivity contribution in [2.75, 3.05) is 10.5 Å². The first-order chi connectivity index (χ1) is 9.97. The molecule has 0 radical (unpaired) electrons. The molecule has 108 valence electrons. The summed E-state index contributed by atoms with van der Waals surface area (Å²) in [5.74, 6) is 0. The fraction of sp³-hybridized carbons (Fsp3) is 0. The van der Waals surface area contributed by atoms with Gasteiger partial charge >= 0.3 is 0 Å². The number of nitrogen functional groups attached to an aromatic ring is 1. The first-order valence-electron chi connectivity index (χ1n) is 5.97. The molecule has 0 spiro atoms. The molecule has 0 aliphatic carbocycles. The number of nitrogens with one attached hydrogen (secondary N) is 2. The number of fused-ring (bicyclic) bond motifs is 1. The summed E-state index contributed by atoms with van der Waals surface area (Å²) < 4.78 is 27.4. The molecule has 0 unspecified atom stereocenters. The summed E-state index contributed by atoms with van der Waals surface area (Å²) in [4.78, 5) is -0.0651. The quantitative estimate of drug-likeness (QED) is 0.645. The molecule has 0 saturated carbocycles. The van der Waals surface area contributed by atoms with Crippen molar-refractivity contribution in [3.63, 3.8) is 0 Å². The van der Waals surface area contributed by atoms with E-state index in [4.69, 9.17) is 17.3 Å². The summed E-state index contributed by atoms with van der Waals surface area (Å²) >= 11 is 5.95. The van der Waals surface area contributed by atoms with E-state index in [1.54, 1.807) is 24.4 Å². The molecule has 3 aromatic rings. The SMILES string of the molecule is Nc1ccc(Cl)c(S(=O)(=O)Nc2cccc3[nH]ncc23)c1. The zero-order valence-electron chi connectivity index (χ0n) is 10.7. The van der Waals surface area contributed by atoms with Gasteiger partial charge in [-0.25, -0.2) is 8.42 Å². The fourth-order valence-corrected chi connectivity index (χ4v) is 3.60. The minimum atomic E-state index is -3.84. The van der Waals surface area contributed by atoms with Crippen LogP contribution >= 0.6 is 11.6 Å². The zero-order valence-corrected chi connectivity index (χ0v) is 12.2. The van der Waals surface area contributed by atoms with E-state index in [-0.39, 0.29) is 9.92 Å². The van der Waals surface area contributed by atoms with Crippen molar-refractivity contribution < 1.29 is 8.42 Å². The third-order valence-electron chi connectivity index (χ3n) is 2.97. The number of halogens is 1. The molecule has 0 aliphatic rings. The molecule has 0 bridgehead atoms. The van der Waals surface area contributed by atoms with Gasteiger partial charge in [-0.05, 0) is 30.3 Å². The Kier molecular flexibility index (Phi) is 3.23. The van der Waals surface area contributed by atoms with Crippen LogP contribution in [0.5, 0.6) is 0 Å². The molecule has 0 amide bonds. The van der Waals surface area contributed by atoms with E-state index in [1.807, 2.05) is 0 Å². The topological polar surface area (TPSA) is 101 Å². The van der Waals surface area contributed by atoms with E-state index < -0.39 is 10.0 Å². The van der Waals surface area contributed by atoms with Gasteiger partial charge in [0.05, 0.1) is 22.4 Å². The lowest BCUT2D eigenvalue weighted by atomic mass is 10.2. The highest BCUT2D eigenvalue weighted by Gasteiger charge is 2.19. The average molecular weight is 323 g/mol. The smallest absolute Gasteiger partial charge is 0.263 e. The summed E-state index contributed by atoms with van der Waals surface area (Å²) in [5, 5.41) is 7.44. The number of hydrogen-bond donors (Lipinski definition) is 3. The maximum atomic E-state index is 12.5. The van der Waals surface area contributed by atoms with Crippen LogP contribution in [0.4, 0.5) is 11.4 Å². The molecule has 1 heterocycles. The van der Waals surface area contributed by atoms with Crippen molar-refractivity contribution in [3.05, 3.63) is 47.6 Å². The molecule has 0 saturated heterocycles. The average Bonchev–Trinajstić information content (AvgIpc) is 2.90. The van der Waals surface area contributed by atoms with E-state index in [0.717, 1.165) is 5.52 Å². The highest BCUT2D eigenvalue weighted by atomic mass is 35.5. The molecule has 8 heteroatoms. The van der Waals surface area contributed by atoms with Crippen molar-refractivity contribution in [1.82, 2.24) is 10.2 Å².